The lowest BCUT2D eigenvalue weighted by Crippen LogP contribution is -2.18. The van der Waals surface area contributed by atoms with Gasteiger partial charge in [-0.15, -0.1) is 10.2 Å². The Morgan fingerprint density at radius 1 is 1.53 bits per heavy atom. The molecule has 2 aromatic rings. The summed E-state index contributed by atoms with van der Waals surface area (Å²) in [4.78, 5) is 0.805. The highest BCUT2D eigenvalue weighted by atomic mass is 32.1. The SMILES string of the molecule is CCC(C)C(N)c1nn2c(C3CCCO3)nnc2s1. The van der Waals surface area contributed by atoms with Crippen molar-refractivity contribution in [3.05, 3.63) is 10.8 Å². The summed E-state index contributed by atoms with van der Waals surface area (Å²) in [5.41, 5.74) is 6.23. The second-order valence-corrected chi connectivity index (χ2v) is 6.09. The molecule has 0 aromatic carbocycles. The summed E-state index contributed by atoms with van der Waals surface area (Å²) < 4.78 is 7.46. The first-order chi connectivity index (χ1) is 9.20. The molecule has 0 bridgehead atoms. The second kappa shape index (κ2) is 5.15. The molecule has 3 heterocycles. The van der Waals surface area contributed by atoms with Gasteiger partial charge in [0.15, 0.2) is 5.82 Å². The number of aromatic nitrogens is 4. The van der Waals surface area contributed by atoms with Crippen molar-refractivity contribution in [2.75, 3.05) is 6.61 Å². The van der Waals surface area contributed by atoms with Crippen molar-refractivity contribution in [3.8, 4) is 0 Å². The summed E-state index contributed by atoms with van der Waals surface area (Å²) >= 11 is 1.53. The molecular weight excluding hydrogens is 262 g/mol. The smallest absolute Gasteiger partial charge is 0.234 e. The minimum Gasteiger partial charge on any atom is -0.370 e. The highest BCUT2D eigenvalue weighted by molar-refractivity contribution is 7.16. The van der Waals surface area contributed by atoms with E-state index in [-0.39, 0.29) is 12.1 Å². The van der Waals surface area contributed by atoms with Crippen LogP contribution in [0.3, 0.4) is 0 Å². The van der Waals surface area contributed by atoms with Gasteiger partial charge in [-0.2, -0.15) is 9.61 Å². The minimum atomic E-state index is -0.0333. The number of hydrogen-bond acceptors (Lipinski definition) is 6. The monoisotopic (exact) mass is 281 g/mol. The predicted molar refractivity (Wildman–Crippen MR) is 73.0 cm³/mol. The molecule has 1 aliphatic rings. The van der Waals surface area contributed by atoms with Gasteiger partial charge in [-0.25, -0.2) is 0 Å². The van der Waals surface area contributed by atoms with Crippen LogP contribution in [0, 0.1) is 5.92 Å². The normalized spacial score (nSPS) is 23.0. The first-order valence-electron chi connectivity index (χ1n) is 6.80. The zero-order chi connectivity index (χ0) is 13.4. The van der Waals surface area contributed by atoms with Crippen LogP contribution in [0.5, 0.6) is 0 Å². The van der Waals surface area contributed by atoms with Crippen LogP contribution < -0.4 is 5.73 Å². The lowest BCUT2D eigenvalue weighted by molar-refractivity contribution is 0.103. The van der Waals surface area contributed by atoms with Crippen molar-refractivity contribution in [1.82, 2.24) is 19.8 Å². The number of rotatable bonds is 4. The topological polar surface area (TPSA) is 78.3 Å². The van der Waals surface area contributed by atoms with Gasteiger partial charge in [0, 0.05) is 6.61 Å². The summed E-state index contributed by atoms with van der Waals surface area (Å²) in [6.07, 6.45) is 3.14. The number of nitrogens with zero attached hydrogens (tertiary/aromatic N) is 4. The zero-order valence-electron chi connectivity index (χ0n) is 11.2. The van der Waals surface area contributed by atoms with E-state index in [1.54, 1.807) is 4.52 Å². The molecule has 1 saturated heterocycles. The molecule has 6 nitrogen and oxygen atoms in total. The van der Waals surface area contributed by atoms with Crippen molar-refractivity contribution in [2.45, 2.75) is 45.3 Å². The molecule has 2 N–H and O–H groups in total. The highest BCUT2D eigenvalue weighted by Gasteiger charge is 2.26. The number of hydrogen-bond donors (Lipinski definition) is 1. The molecule has 0 spiro atoms. The van der Waals surface area contributed by atoms with Crippen molar-refractivity contribution in [3.63, 3.8) is 0 Å². The van der Waals surface area contributed by atoms with Gasteiger partial charge in [-0.1, -0.05) is 31.6 Å². The van der Waals surface area contributed by atoms with Crippen LogP contribution >= 0.6 is 11.3 Å². The molecule has 0 amide bonds. The van der Waals surface area contributed by atoms with Gasteiger partial charge < -0.3 is 10.5 Å². The fraction of sp³-hybridized carbons (Fsp3) is 0.750. The number of nitrogens with two attached hydrogens (primary N) is 1. The molecule has 1 aliphatic heterocycles. The quantitative estimate of drug-likeness (QED) is 0.928. The van der Waals surface area contributed by atoms with E-state index in [4.69, 9.17) is 10.5 Å². The third kappa shape index (κ3) is 2.26. The number of fused-ring (bicyclic) bond motifs is 1. The molecule has 2 aromatic heterocycles. The molecule has 7 heteroatoms. The van der Waals surface area contributed by atoms with Gasteiger partial charge in [0.2, 0.25) is 4.96 Å². The Morgan fingerprint density at radius 3 is 3.05 bits per heavy atom. The maximum atomic E-state index is 6.23. The van der Waals surface area contributed by atoms with Crippen LogP contribution in [0.1, 0.15) is 56.1 Å². The molecule has 0 aliphatic carbocycles. The van der Waals surface area contributed by atoms with E-state index >= 15 is 0 Å². The van der Waals surface area contributed by atoms with Gasteiger partial charge in [0.05, 0.1) is 6.04 Å². The molecule has 3 rings (SSSR count). The zero-order valence-corrected chi connectivity index (χ0v) is 12.1. The van der Waals surface area contributed by atoms with Gasteiger partial charge in [-0.3, -0.25) is 0 Å². The third-order valence-corrected chi connectivity index (χ3v) is 4.79. The molecule has 1 fully saturated rings. The Labute approximate surface area is 116 Å². The van der Waals surface area contributed by atoms with E-state index in [2.05, 4.69) is 29.1 Å². The molecule has 19 heavy (non-hydrogen) atoms. The first-order valence-corrected chi connectivity index (χ1v) is 7.61. The van der Waals surface area contributed by atoms with Gasteiger partial charge in [-0.05, 0) is 18.8 Å². The Kier molecular flexibility index (Phi) is 3.51. The molecule has 3 atom stereocenters. The average Bonchev–Trinajstić information content (AvgIpc) is 3.11. The van der Waals surface area contributed by atoms with Crippen molar-refractivity contribution < 1.29 is 4.74 Å². The van der Waals surface area contributed by atoms with Crippen LogP contribution in [0.2, 0.25) is 0 Å². The molecular formula is C12H19N5OS. The van der Waals surface area contributed by atoms with Crippen LogP contribution in [0.25, 0.3) is 4.96 Å². The van der Waals surface area contributed by atoms with Gasteiger partial charge in [0.1, 0.15) is 11.1 Å². The van der Waals surface area contributed by atoms with Crippen molar-refractivity contribution >= 4 is 16.3 Å². The van der Waals surface area contributed by atoms with Gasteiger partial charge in [0.25, 0.3) is 0 Å². The first kappa shape index (κ1) is 13.0. The summed E-state index contributed by atoms with van der Waals surface area (Å²) in [7, 11) is 0. The summed E-state index contributed by atoms with van der Waals surface area (Å²) in [6, 6.07) is -0.0333. The maximum Gasteiger partial charge on any atom is 0.234 e. The Hall–Kier alpha value is -1.05. The predicted octanol–water partition coefficient (Wildman–Crippen LogP) is 2.08. The average molecular weight is 281 g/mol. The Balaban J connectivity index is 1.93. The summed E-state index contributed by atoms with van der Waals surface area (Å²) in [5, 5.41) is 13.9. The fourth-order valence-electron chi connectivity index (χ4n) is 2.26. The third-order valence-electron chi connectivity index (χ3n) is 3.79. The van der Waals surface area contributed by atoms with Crippen LogP contribution in [-0.2, 0) is 4.74 Å². The van der Waals surface area contributed by atoms with E-state index in [1.807, 2.05) is 0 Å². The molecule has 0 radical (unpaired) electrons. The lowest BCUT2D eigenvalue weighted by atomic mass is 10.0. The number of ether oxygens (including phenoxy) is 1. The standard InChI is InChI=1S/C12H19N5OS/c1-3-7(2)9(13)11-16-17-10(8-5-4-6-18-8)14-15-12(17)19-11/h7-9H,3-6,13H2,1-2H3. The van der Waals surface area contributed by atoms with Crippen molar-refractivity contribution in [1.29, 1.82) is 0 Å². The van der Waals surface area contributed by atoms with Crippen LogP contribution in [-0.4, -0.2) is 26.4 Å². The van der Waals surface area contributed by atoms with E-state index in [1.165, 1.54) is 11.3 Å². The minimum absolute atomic E-state index is 0.0322. The highest BCUT2D eigenvalue weighted by Crippen LogP contribution is 2.30. The van der Waals surface area contributed by atoms with E-state index in [0.29, 0.717) is 5.92 Å². The van der Waals surface area contributed by atoms with Crippen LogP contribution in [0.4, 0.5) is 0 Å². The molecule has 104 valence electrons. The van der Waals surface area contributed by atoms with Gasteiger partial charge >= 0.3 is 0 Å². The van der Waals surface area contributed by atoms with E-state index in [0.717, 1.165) is 41.7 Å². The fourth-order valence-corrected chi connectivity index (χ4v) is 3.24. The van der Waals surface area contributed by atoms with E-state index in [9.17, 15) is 0 Å². The maximum absolute atomic E-state index is 6.23. The Bertz CT molecular complexity index is 559. The lowest BCUT2D eigenvalue weighted by Gasteiger charge is -2.14. The summed E-state index contributed by atoms with van der Waals surface area (Å²) in [6.45, 7) is 5.08. The van der Waals surface area contributed by atoms with Crippen LogP contribution in [0.15, 0.2) is 0 Å². The van der Waals surface area contributed by atoms with Crippen molar-refractivity contribution in [2.24, 2.45) is 11.7 Å². The summed E-state index contributed by atoms with van der Waals surface area (Å²) in [5.74, 6) is 1.22. The van der Waals surface area contributed by atoms with E-state index < -0.39 is 0 Å². The second-order valence-electron chi connectivity index (χ2n) is 5.11. The molecule has 3 unspecified atom stereocenters. The molecule has 0 saturated carbocycles. The largest absolute Gasteiger partial charge is 0.370 e. The Morgan fingerprint density at radius 2 is 2.37 bits per heavy atom.